The van der Waals surface area contributed by atoms with E-state index in [0.29, 0.717) is 22.8 Å². The SMILES string of the molecule is Cn1ccc(-c2cc(Oc3ccc(C(C)(C)C)c(F)c3)ccn2)n1. The van der Waals surface area contributed by atoms with Crippen molar-refractivity contribution in [2.75, 3.05) is 0 Å². The first kappa shape index (κ1) is 16.2. The van der Waals surface area contributed by atoms with Crippen LogP contribution in [0.3, 0.4) is 0 Å². The highest BCUT2D eigenvalue weighted by Gasteiger charge is 2.18. The van der Waals surface area contributed by atoms with E-state index in [9.17, 15) is 4.39 Å². The summed E-state index contributed by atoms with van der Waals surface area (Å²) in [6.07, 6.45) is 3.50. The monoisotopic (exact) mass is 325 g/mol. The molecule has 0 aliphatic heterocycles. The number of hydrogen-bond acceptors (Lipinski definition) is 3. The molecular weight excluding hydrogens is 305 g/mol. The van der Waals surface area contributed by atoms with Gasteiger partial charge in [-0.15, -0.1) is 0 Å². The molecule has 3 aromatic rings. The van der Waals surface area contributed by atoms with Crippen LogP contribution in [0.15, 0.2) is 48.8 Å². The van der Waals surface area contributed by atoms with Crippen LogP contribution < -0.4 is 4.74 Å². The van der Waals surface area contributed by atoms with E-state index in [0.717, 1.165) is 5.69 Å². The Morgan fingerprint density at radius 3 is 2.38 bits per heavy atom. The van der Waals surface area contributed by atoms with Gasteiger partial charge in [0, 0.05) is 31.6 Å². The predicted molar refractivity (Wildman–Crippen MR) is 91.6 cm³/mol. The van der Waals surface area contributed by atoms with Gasteiger partial charge < -0.3 is 4.74 Å². The molecule has 124 valence electrons. The lowest BCUT2D eigenvalue weighted by Gasteiger charge is -2.20. The summed E-state index contributed by atoms with van der Waals surface area (Å²) in [4.78, 5) is 4.30. The van der Waals surface area contributed by atoms with Gasteiger partial charge in [-0.25, -0.2) is 4.39 Å². The van der Waals surface area contributed by atoms with Gasteiger partial charge in [-0.2, -0.15) is 5.10 Å². The van der Waals surface area contributed by atoms with E-state index in [2.05, 4.69) is 10.1 Å². The van der Waals surface area contributed by atoms with Crippen molar-refractivity contribution in [2.24, 2.45) is 7.05 Å². The van der Waals surface area contributed by atoms with E-state index in [-0.39, 0.29) is 11.2 Å². The average Bonchev–Trinajstić information content (AvgIpc) is 2.93. The summed E-state index contributed by atoms with van der Waals surface area (Å²) < 4.78 is 21.8. The fraction of sp³-hybridized carbons (Fsp3) is 0.263. The average molecular weight is 325 g/mol. The number of aromatic nitrogens is 3. The standard InChI is InChI=1S/C19H20FN3O/c1-19(2,3)15-6-5-13(11-16(15)20)24-14-7-9-21-18(12-14)17-8-10-23(4)22-17/h5-12H,1-4H3. The molecule has 3 rings (SSSR count). The molecule has 0 unspecified atom stereocenters. The van der Waals surface area contributed by atoms with E-state index >= 15 is 0 Å². The van der Waals surface area contributed by atoms with Gasteiger partial charge in [0.05, 0.1) is 5.69 Å². The van der Waals surface area contributed by atoms with Gasteiger partial charge >= 0.3 is 0 Å². The van der Waals surface area contributed by atoms with Gasteiger partial charge in [0.15, 0.2) is 0 Å². The molecule has 0 spiro atoms. The van der Waals surface area contributed by atoms with Crippen molar-refractivity contribution in [1.82, 2.24) is 14.8 Å². The van der Waals surface area contributed by atoms with Gasteiger partial charge in [-0.3, -0.25) is 9.67 Å². The molecule has 0 N–H and O–H groups in total. The van der Waals surface area contributed by atoms with Gasteiger partial charge in [0.2, 0.25) is 0 Å². The minimum absolute atomic E-state index is 0.245. The van der Waals surface area contributed by atoms with Crippen molar-refractivity contribution in [2.45, 2.75) is 26.2 Å². The van der Waals surface area contributed by atoms with E-state index in [4.69, 9.17) is 4.74 Å². The zero-order valence-electron chi connectivity index (χ0n) is 14.2. The van der Waals surface area contributed by atoms with Crippen molar-refractivity contribution < 1.29 is 9.13 Å². The summed E-state index contributed by atoms with van der Waals surface area (Å²) in [7, 11) is 1.85. The van der Waals surface area contributed by atoms with E-state index in [1.165, 1.54) is 6.07 Å². The molecule has 0 saturated heterocycles. The fourth-order valence-corrected chi connectivity index (χ4v) is 2.47. The van der Waals surface area contributed by atoms with Gasteiger partial charge in [0.25, 0.3) is 0 Å². The number of pyridine rings is 1. The molecule has 0 bridgehead atoms. The Kier molecular flexibility index (Phi) is 4.09. The second kappa shape index (κ2) is 6.07. The Morgan fingerprint density at radius 2 is 1.75 bits per heavy atom. The molecule has 0 fully saturated rings. The van der Waals surface area contributed by atoms with Crippen molar-refractivity contribution in [3.63, 3.8) is 0 Å². The first-order chi connectivity index (χ1) is 11.3. The summed E-state index contributed by atoms with van der Waals surface area (Å²) in [5.74, 6) is 0.784. The second-order valence-electron chi connectivity index (χ2n) is 6.75. The third kappa shape index (κ3) is 3.45. The lowest BCUT2D eigenvalue weighted by molar-refractivity contribution is 0.468. The molecule has 0 aliphatic carbocycles. The number of nitrogens with zero attached hydrogens (tertiary/aromatic N) is 3. The minimum atomic E-state index is -0.265. The molecular formula is C19H20FN3O. The highest BCUT2D eigenvalue weighted by Crippen LogP contribution is 2.30. The number of halogens is 1. The van der Waals surface area contributed by atoms with Crippen LogP contribution in [0, 0.1) is 5.82 Å². The molecule has 4 nitrogen and oxygen atoms in total. The normalized spacial score (nSPS) is 11.5. The molecule has 1 aromatic carbocycles. The topological polar surface area (TPSA) is 39.9 Å². The van der Waals surface area contributed by atoms with Crippen LogP contribution in [0.5, 0.6) is 11.5 Å². The summed E-state index contributed by atoms with van der Waals surface area (Å²) in [6.45, 7) is 5.94. The van der Waals surface area contributed by atoms with Crippen LogP contribution in [0.25, 0.3) is 11.4 Å². The van der Waals surface area contributed by atoms with Gasteiger partial charge in [-0.05, 0) is 29.2 Å². The predicted octanol–water partition coefficient (Wildman–Crippen LogP) is 4.71. The number of rotatable bonds is 3. The Bertz CT molecular complexity index is 865. The molecule has 2 aromatic heterocycles. The minimum Gasteiger partial charge on any atom is -0.457 e. The maximum Gasteiger partial charge on any atom is 0.131 e. The fourth-order valence-electron chi connectivity index (χ4n) is 2.47. The van der Waals surface area contributed by atoms with Crippen LogP contribution in [0.4, 0.5) is 4.39 Å². The molecule has 0 radical (unpaired) electrons. The zero-order chi connectivity index (χ0) is 17.3. The van der Waals surface area contributed by atoms with Crippen molar-refractivity contribution in [1.29, 1.82) is 0 Å². The summed E-state index contributed by atoms with van der Waals surface area (Å²) in [5, 5.41) is 4.32. The van der Waals surface area contributed by atoms with Crippen LogP contribution in [0.1, 0.15) is 26.3 Å². The third-order valence-corrected chi connectivity index (χ3v) is 3.69. The smallest absolute Gasteiger partial charge is 0.131 e. The van der Waals surface area contributed by atoms with E-state index < -0.39 is 0 Å². The van der Waals surface area contributed by atoms with Crippen LogP contribution >= 0.6 is 0 Å². The molecule has 0 atom stereocenters. The second-order valence-corrected chi connectivity index (χ2v) is 6.75. The van der Waals surface area contributed by atoms with E-state index in [1.54, 1.807) is 35.1 Å². The third-order valence-electron chi connectivity index (χ3n) is 3.69. The Balaban J connectivity index is 1.85. The number of benzene rings is 1. The number of hydrogen-bond donors (Lipinski definition) is 0. The lowest BCUT2D eigenvalue weighted by atomic mass is 9.87. The van der Waals surface area contributed by atoms with Crippen molar-refractivity contribution >= 4 is 0 Å². The molecule has 0 aliphatic rings. The first-order valence-corrected chi connectivity index (χ1v) is 7.77. The Hall–Kier alpha value is -2.69. The van der Waals surface area contributed by atoms with Gasteiger partial charge in [0.1, 0.15) is 23.0 Å². The van der Waals surface area contributed by atoms with Crippen LogP contribution in [-0.4, -0.2) is 14.8 Å². The number of aryl methyl sites for hydroxylation is 1. The maximum atomic E-state index is 14.3. The lowest BCUT2D eigenvalue weighted by Crippen LogP contribution is -2.13. The molecule has 0 amide bonds. The van der Waals surface area contributed by atoms with Crippen molar-refractivity contribution in [3.05, 3.63) is 60.2 Å². The molecule has 24 heavy (non-hydrogen) atoms. The number of ether oxygens (including phenoxy) is 1. The highest BCUT2D eigenvalue weighted by atomic mass is 19.1. The molecule has 2 heterocycles. The maximum absolute atomic E-state index is 14.3. The van der Waals surface area contributed by atoms with E-state index in [1.807, 2.05) is 40.1 Å². The summed E-state index contributed by atoms with van der Waals surface area (Å²) in [5.41, 5.74) is 1.89. The van der Waals surface area contributed by atoms with Crippen LogP contribution in [0.2, 0.25) is 0 Å². The highest BCUT2D eigenvalue weighted by molar-refractivity contribution is 5.55. The van der Waals surface area contributed by atoms with Crippen molar-refractivity contribution in [3.8, 4) is 22.9 Å². The Labute approximate surface area is 140 Å². The quantitative estimate of drug-likeness (QED) is 0.700. The molecule has 5 heteroatoms. The van der Waals surface area contributed by atoms with Gasteiger partial charge in [-0.1, -0.05) is 26.8 Å². The summed E-state index contributed by atoms with van der Waals surface area (Å²) in [6, 6.07) is 10.4. The zero-order valence-corrected chi connectivity index (χ0v) is 14.2. The largest absolute Gasteiger partial charge is 0.457 e. The Morgan fingerprint density at radius 1 is 1.00 bits per heavy atom. The first-order valence-electron chi connectivity index (χ1n) is 7.77. The molecule has 0 saturated carbocycles. The summed E-state index contributed by atoms with van der Waals surface area (Å²) >= 11 is 0. The van der Waals surface area contributed by atoms with Crippen LogP contribution in [-0.2, 0) is 12.5 Å².